The number of ether oxygens (including phenoxy) is 1. The highest BCUT2D eigenvalue weighted by molar-refractivity contribution is 9.10. The first-order valence-corrected chi connectivity index (χ1v) is 8.70. The first-order valence-electron chi connectivity index (χ1n) is 7.90. The first kappa shape index (κ1) is 17.1. The molecule has 27 heavy (non-hydrogen) atoms. The van der Waals surface area contributed by atoms with Gasteiger partial charge < -0.3 is 4.74 Å². The average Bonchev–Trinajstić information content (AvgIpc) is 2.67. The SMILES string of the molecule is O=C1c2ccccc2C(=O)c2c([N+](=O)[O-])ccc(Oc3ccc(Br)cc3)c21. The summed E-state index contributed by atoms with van der Waals surface area (Å²) in [5.41, 5.74) is -0.384. The summed E-state index contributed by atoms with van der Waals surface area (Å²) in [7, 11) is 0. The van der Waals surface area contributed by atoms with Crippen molar-refractivity contribution in [2.45, 2.75) is 0 Å². The van der Waals surface area contributed by atoms with Crippen LogP contribution in [0.3, 0.4) is 0 Å². The van der Waals surface area contributed by atoms with Crippen LogP contribution in [0.4, 0.5) is 5.69 Å². The van der Waals surface area contributed by atoms with Gasteiger partial charge in [0.2, 0.25) is 5.78 Å². The molecule has 1 aliphatic rings. The van der Waals surface area contributed by atoms with E-state index in [0.29, 0.717) is 5.75 Å². The third-order valence-corrected chi connectivity index (χ3v) is 4.78. The van der Waals surface area contributed by atoms with Crippen molar-refractivity contribution in [2.75, 3.05) is 0 Å². The molecule has 7 heteroatoms. The van der Waals surface area contributed by atoms with E-state index >= 15 is 0 Å². The van der Waals surface area contributed by atoms with E-state index in [9.17, 15) is 19.7 Å². The average molecular weight is 424 g/mol. The lowest BCUT2D eigenvalue weighted by Gasteiger charge is -2.20. The molecule has 1 aliphatic carbocycles. The van der Waals surface area contributed by atoms with E-state index in [0.717, 1.165) is 4.47 Å². The Morgan fingerprint density at radius 1 is 0.815 bits per heavy atom. The number of ketones is 2. The zero-order chi connectivity index (χ0) is 19.1. The van der Waals surface area contributed by atoms with Crippen LogP contribution in [-0.4, -0.2) is 16.5 Å². The maximum absolute atomic E-state index is 13.0. The zero-order valence-corrected chi connectivity index (χ0v) is 15.2. The number of nitrogens with zero attached hydrogens (tertiary/aromatic N) is 1. The molecule has 6 nitrogen and oxygen atoms in total. The maximum Gasteiger partial charge on any atom is 0.281 e. The highest BCUT2D eigenvalue weighted by Gasteiger charge is 2.38. The Hall–Kier alpha value is -3.32. The molecule has 0 heterocycles. The van der Waals surface area contributed by atoms with Gasteiger partial charge in [0, 0.05) is 21.7 Å². The predicted octanol–water partition coefficient (Wildman–Crippen LogP) is 4.93. The summed E-state index contributed by atoms with van der Waals surface area (Å²) in [5, 5.41) is 11.4. The summed E-state index contributed by atoms with van der Waals surface area (Å²) < 4.78 is 6.63. The Kier molecular flexibility index (Phi) is 4.08. The van der Waals surface area contributed by atoms with E-state index in [1.165, 1.54) is 24.3 Å². The second-order valence-corrected chi connectivity index (χ2v) is 6.77. The van der Waals surface area contributed by atoms with Crippen LogP contribution in [-0.2, 0) is 0 Å². The lowest BCUT2D eigenvalue weighted by Crippen LogP contribution is -2.22. The second-order valence-electron chi connectivity index (χ2n) is 5.85. The van der Waals surface area contributed by atoms with Crippen molar-refractivity contribution >= 4 is 33.2 Å². The van der Waals surface area contributed by atoms with Gasteiger partial charge in [0.15, 0.2) is 5.78 Å². The van der Waals surface area contributed by atoms with Crippen LogP contribution in [0.25, 0.3) is 0 Å². The minimum atomic E-state index is -0.665. The first-order chi connectivity index (χ1) is 13.0. The van der Waals surface area contributed by atoms with Gasteiger partial charge in [-0.1, -0.05) is 40.2 Å². The van der Waals surface area contributed by atoms with Gasteiger partial charge in [-0.15, -0.1) is 0 Å². The van der Waals surface area contributed by atoms with Gasteiger partial charge in [0.25, 0.3) is 5.69 Å². The molecule has 0 bridgehead atoms. The minimum Gasteiger partial charge on any atom is -0.457 e. The van der Waals surface area contributed by atoms with Crippen molar-refractivity contribution in [3.8, 4) is 11.5 Å². The van der Waals surface area contributed by atoms with Crippen LogP contribution in [0.15, 0.2) is 65.1 Å². The van der Waals surface area contributed by atoms with E-state index < -0.39 is 22.2 Å². The third-order valence-electron chi connectivity index (χ3n) is 4.25. The van der Waals surface area contributed by atoms with Crippen molar-refractivity contribution in [3.63, 3.8) is 0 Å². The Labute approximate surface area is 161 Å². The topological polar surface area (TPSA) is 86.5 Å². The normalized spacial score (nSPS) is 12.3. The molecule has 132 valence electrons. The monoisotopic (exact) mass is 423 g/mol. The van der Waals surface area contributed by atoms with Crippen molar-refractivity contribution < 1.29 is 19.2 Å². The van der Waals surface area contributed by atoms with Crippen LogP contribution in [0.1, 0.15) is 31.8 Å². The molecule has 0 radical (unpaired) electrons. The van der Waals surface area contributed by atoms with Crippen molar-refractivity contribution in [1.82, 2.24) is 0 Å². The third kappa shape index (κ3) is 2.82. The highest BCUT2D eigenvalue weighted by atomic mass is 79.9. The fourth-order valence-corrected chi connectivity index (χ4v) is 3.31. The molecule has 0 aliphatic heterocycles. The summed E-state index contributed by atoms with van der Waals surface area (Å²) in [6.45, 7) is 0. The largest absolute Gasteiger partial charge is 0.457 e. The Morgan fingerprint density at radius 2 is 1.41 bits per heavy atom. The number of nitro benzene ring substituents is 1. The molecular formula is C20H10BrNO5. The number of hydrogen-bond acceptors (Lipinski definition) is 5. The quantitative estimate of drug-likeness (QED) is 0.344. The molecule has 0 spiro atoms. The summed E-state index contributed by atoms with van der Waals surface area (Å²) in [6.07, 6.45) is 0. The van der Waals surface area contributed by atoms with E-state index in [1.54, 1.807) is 36.4 Å². The standard InChI is InChI=1S/C20H10BrNO5/c21-11-5-7-12(8-6-11)27-16-10-9-15(22(25)26)17-18(16)20(24)14-4-2-1-3-13(14)19(17)23/h1-10H. The molecule has 0 N–H and O–H groups in total. The van der Waals surface area contributed by atoms with Gasteiger partial charge in [0.1, 0.15) is 17.1 Å². The Morgan fingerprint density at radius 3 is 2.00 bits per heavy atom. The number of rotatable bonds is 3. The molecule has 3 aromatic rings. The lowest BCUT2D eigenvalue weighted by atomic mass is 9.82. The van der Waals surface area contributed by atoms with Crippen molar-refractivity contribution in [3.05, 3.63) is 97.5 Å². The number of hydrogen-bond donors (Lipinski definition) is 0. The van der Waals surface area contributed by atoms with Crippen LogP contribution in [0, 0.1) is 10.1 Å². The van der Waals surface area contributed by atoms with Gasteiger partial charge >= 0.3 is 0 Å². The number of benzene rings is 3. The Bertz CT molecular complexity index is 1120. The van der Waals surface area contributed by atoms with E-state index in [-0.39, 0.29) is 28.0 Å². The van der Waals surface area contributed by atoms with Gasteiger partial charge in [-0.3, -0.25) is 19.7 Å². The Balaban J connectivity index is 1.93. The fraction of sp³-hybridized carbons (Fsp3) is 0. The predicted molar refractivity (Wildman–Crippen MR) is 101 cm³/mol. The van der Waals surface area contributed by atoms with Gasteiger partial charge in [0.05, 0.1) is 10.5 Å². The highest BCUT2D eigenvalue weighted by Crippen LogP contribution is 2.39. The molecule has 0 saturated carbocycles. The van der Waals surface area contributed by atoms with Gasteiger partial charge in [-0.25, -0.2) is 0 Å². The smallest absolute Gasteiger partial charge is 0.281 e. The van der Waals surface area contributed by atoms with Crippen LogP contribution >= 0.6 is 15.9 Å². The molecule has 0 aromatic heterocycles. The molecule has 0 amide bonds. The van der Waals surface area contributed by atoms with E-state index in [4.69, 9.17) is 4.74 Å². The van der Waals surface area contributed by atoms with Crippen LogP contribution < -0.4 is 4.74 Å². The summed E-state index contributed by atoms with van der Waals surface area (Å²) in [4.78, 5) is 36.7. The molecule has 0 fully saturated rings. The van der Waals surface area contributed by atoms with Gasteiger partial charge in [-0.2, -0.15) is 0 Å². The molecule has 0 saturated heterocycles. The number of fused-ring (bicyclic) bond motifs is 2. The van der Waals surface area contributed by atoms with Crippen molar-refractivity contribution in [2.24, 2.45) is 0 Å². The number of halogens is 1. The summed E-state index contributed by atoms with van der Waals surface area (Å²) in [5.74, 6) is -0.497. The summed E-state index contributed by atoms with van der Waals surface area (Å²) in [6, 6.07) is 15.7. The molecule has 4 rings (SSSR count). The second kappa shape index (κ2) is 6.44. The van der Waals surface area contributed by atoms with Gasteiger partial charge in [-0.05, 0) is 30.3 Å². The van der Waals surface area contributed by atoms with Crippen LogP contribution in [0.5, 0.6) is 11.5 Å². The number of nitro groups is 1. The molecule has 0 atom stereocenters. The van der Waals surface area contributed by atoms with E-state index in [2.05, 4.69) is 15.9 Å². The zero-order valence-electron chi connectivity index (χ0n) is 13.6. The minimum absolute atomic E-state index is 0.0872. The van der Waals surface area contributed by atoms with Crippen molar-refractivity contribution in [1.29, 1.82) is 0 Å². The van der Waals surface area contributed by atoms with Crippen LogP contribution in [0.2, 0.25) is 0 Å². The molecule has 0 unspecified atom stereocenters. The maximum atomic E-state index is 13.0. The molecule has 3 aromatic carbocycles. The molecular weight excluding hydrogens is 414 g/mol. The summed E-state index contributed by atoms with van der Waals surface area (Å²) >= 11 is 3.32. The number of carbonyl (C=O) groups excluding carboxylic acids is 2. The fourth-order valence-electron chi connectivity index (χ4n) is 3.04. The van der Waals surface area contributed by atoms with E-state index in [1.807, 2.05) is 0 Å². The lowest BCUT2D eigenvalue weighted by molar-refractivity contribution is -0.385. The number of carbonyl (C=O) groups is 2.